The highest BCUT2D eigenvalue weighted by molar-refractivity contribution is 7.89. The van der Waals surface area contributed by atoms with Crippen molar-refractivity contribution in [2.45, 2.75) is 39.2 Å². The van der Waals surface area contributed by atoms with Gasteiger partial charge in [0.1, 0.15) is 6.54 Å². The van der Waals surface area contributed by atoms with E-state index in [9.17, 15) is 18.0 Å². The van der Waals surface area contributed by atoms with Crippen molar-refractivity contribution in [3.05, 3.63) is 0 Å². The number of sulfonamides is 1. The van der Waals surface area contributed by atoms with Crippen molar-refractivity contribution in [3.8, 4) is 0 Å². The Morgan fingerprint density at radius 2 is 1.80 bits per heavy atom. The molecule has 0 aliphatic carbocycles. The highest BCUT2D eigenvalue weighted by Gasteiger charge is 2.32. The molecule has 0 bridgehead atoms. The first kappa shape index (κ1) is 16.9. The molecular weight excluding hydrogens is 284 g/mol. The standard InChI is InChI=1S/C12H22N2O5S/c1-3-11(15)14(9-12(16)17)10-5-7-13(8-6-10)20(18,19)4-2/h10H,3-9H2,1-2H3,(H,16,17). The Bertz CT molecular complexity index is 454. The monoisotopic (exact) mass is 306 g/mol. The van der Waals surface area contributed by atoms with Gasteiger partial charge in [-0.2, -0.15) is 0 Å². The van der Waals surface area contributed by atoms with E-state index >= 15 is 0 Å². The summed E-state index contributed by atoms with van der Waals surface area (Å²) in [7, 11) is -3.21. The first-order valence-electron chi connectivity index (χ1n) is 6.80. The van der Waals surface area contributed by atoms with Gasteiger partial charge in [-0.1, -0.05) is 6.92 Å². The van der Waals surface area contributed by atoms with Crippen LogP contribution in [0, 0.1) is 0 Å². The van der Waals surface area contributed by atoms with Crippen LogP contribution in [0.1, 0.15) is 33.1 Å². The first-order chi connectivity index (χ1) is 9.31. The molecule has 0 saturated carbocycles. The number of carboxylic acids is 1. The van der Waals surface area contributed by atoms with E-state index in [-0.39, 0.29) is 30.7 Å². The van der Waals surface area contributed by atoms with Crippen molar-refractivity contribution in [1.29, 1.82) is 0 Å². The van der Waals surface area contributed by atoms with Gasteiger partial charge < -0.3 is 10.0 Å². The lowest BCUT2D eigenvalue weighted by molar-refractivity contribution is -0.146. The number of carbonyl (C=O) groups excluding carboxylic acids is 1. The van der Waals surface area contributed by atoms with E-state index in [1.807, 2.05) is 0 Å². The SMILES string of the molecule is CCC(=O)N(CC(=O)O)C1CCN(S(=O)(=O)CC)CC1. The van der Waals surface area contributed by atoms with Crippen molar-refractivity contribution in [1.82, 2.24) is 9.21 Å². The fraction of sp³-hybridized carbons (Fsp3) is 0.833. The van der Waals surface area contributed by atoms with Crippen LogP contribution in [0.3, 0.4) is 0 Å². The van der Waals surface area contributed by atoms with Crippen molar-refractivity contribution < 1.29 is 23.1 Å². The molecule has 20 heavy (non-hydrogen) atoms. The number of carbonyl (C=O) groups is 2. The number of piperidine rings is 1. The van der Waals surface area contributed by atoms with Gasteiger partial charge in [0.05, 0.1) is 5.75 Å². The smallest absolute Gasteiger partial charge is 0.323 e. The molecule has 0 aromatic heterocycles. The van der Waals surface area contributed by atoms with Gasteiger partial charge in [-0.3, -0.25) is 9.59 Å². The average Bonchev–Trinajstić information content (AvgIpc) is 2.44. The summed E-state index contributed by atoms with van der Waals surface area (Å²) >= 11 is 0. The highest BCUT2D eigenvalue weighted by Crippen LogP contribution is 2.19. The zero-order valence-corrected chi connectivity index (χ0v) is 12.7. The van der Waals surface area contributed by atoms with Crippen LogP contribution in [0.25, 0.3) is 0 Å². The van der Waals surface area contributed by atoms with Crippen molar-refractivity contribution in [2.24, 2.45) is 0 Å². The average molecular weight is 306 g/mol. The van der Waals surface area contributed by atoms with E-state index in [2.05, 4.69) is 0 Å². The lowest BCUT2D eigenvalue weighted by Crippen LogP contribution is -2.50. The number of hydrogen-bond donors (Lipinski definition) is 1. The molecule has 1 N–H and O–H groups in total. The van der Waals surface area contributed by atoms with Crippen LogP contribution >= 0.6 is 0 Å². The molecule has 0 aromatic carbocycles. The van der Waals surface area contributed by atoms with Crippen molar-refractivity contribution in [3.63, 3.8) is 0 Å². The molecule has 1 heterocycles. The van der Waals surface area contributed by atoms with Gasteiger partial charge in [0.15, 0.2) is 0 Å². The first-order valence-corrected chi connectivity index (χ1v) is 8.41. The Labute approximate surface area is 119 Å². The second-order valence-corrected chi connectivity index (χ2v) is 7.06. The summed E-state index contributed by atoms with van der Waals surface area (Å²) in [6, 6.07) is -0.193. The Morgan fingerprint density at radius 1 is 1.25 bits per heavy atom. The van der Waals surface area contributed by atoms with Gasteiger partial charge in [0, 0.05) is 25.6 Å². The summed E-state index contributed by atoms with van der Waals surface area (Å²) in [5.74, 6) is -1.19. The quantitative estimate of drug-likeness (QED) is 0.752. The van der Waals surface area contributed by atoms with Crippen LogP contribution in [0.4, 0.5) is 0 Å². The molecule has 1 fully saturated rings. The molecule has 0 atom stereocenters. The minimum absolute atomic E-state index is 0.0599. The van der Waals surface area contributed by atoms with Crippen molar-refractivity contribution in [2.75, 3.05) is 25.4 Å². The summed E-state index contributed by atoms with van der Waals surface area (Å²) < 4.78 is 24.9. The van der Waals surface area contributed by atoms with Gasteiger partial charge in [0.25, 0.3) is 0 Å². The minimum atomic E-state index is -3.21. The number of aliphatic carboxylic acids is 1. The van der Waals surface area contributed by atoms with Crippen LogP contribution in [0.5, 0.6) is 0 Å². The third kappa shape index (κ3) is 4.17. The second-order valence-electron chi connectivity index (χ2n) is 4.80. The van der Waals surface area contributed by atoms with Crippen molar-refractivity contribution >= 4 is 21.9 Å². The Balaban J connectivity index is 2.70. The molecule has 0 spiro atoms. The van der Waals surface area contributed by atoms with Crippen LogP contribution in [0.15, 0.2) is 0 Å². The Kier molecular flexibility index (Phi) is 5.94. The zero-order valence-electron chi connectivity index (χ0n) is 11.9. The fourth-order valence-electron chi connectivity index (χ4n) is 2.38. The van der Waals surface area contributed by atoms with E-state index in [1.165, 1.54) is 9.21 Å². The molecule has 1 aliphatic heterocycles. The predicted molar refractivity (Wildman–Crippen MR) is 73.7 cm³/mol. The third-order valence-electron chi connectivity index (χ3n) is 3.55. The van der Waals surface area contributed by atoms with E-state index < -0.39 is 16.0 Å². The largest absolute Gasteiger partial charge is 0.480 e. The molecule has 1 saturated heterocycles. The number of rotatable bonds is 6. The second kappa shape index (κ2) is 7.03. The molecule has 0 aromatic rings. The van der Waals surface area contributed by atoms with Crippen LogP contribution in [-0.4, -0.2) is 66.0 Å². The van der Waals surface area contributed by atoms with Gasteiger partial charge >= 0.3 is 5.97 Å². The van der Waals surface area contributed by atoms with Crippen LogP contribution < -0.4 is 0 Å². The third-order valence-corrected chi connectivity index (χ3v) is 5.43. The van der Waals surface area contributed by atoms with Crippen LogP contribution in [-0.2, 0) is 19.6 Å². The summed E-state index contributed by atoms with van der Waals surface area (Å²) in [5, 5.41) is 8.88. The maximum absolute atomic E-state index is 11.8. The van der Waals surface area contributed by atoms with E-state index in [4.69, 9.17) is 5.11 Å². The van der Waals surface area contributed by atoms with Gasteiger partial charge in [0.2, 0.25) is 15.9 Å². The molecule has 1 rings (SSSR count). The van der Waals surface area contributed by atoms with E-state index in [0.29, 0.717) is 25.9 Å². The van der Waals surface area contributed by atoms with Crippen LogP contribution in [0.2, 0.25) is 0 Å². The van der Waals surface area contributed by atoms with Gasteiger partial charge in [-0.15, -0.1) is 0 Å². The predicted octanol–water partition coefficient (Wildman–Crippen LogP) is 0.124. The number of amides is 1. The van der Waals surface area contributed by atoms with Gasteiger partial charge in [-0.05, 0) is 19.8 Å². The molecule has 0 radical (unpaired) electrons. The summed E-state index contributed by atoms with van der Waals surface area (Å²) in [6.07, 6.45) is 1.22. The lowest BCUT2D eigenvalue weighted by atomic mass is 10.0. The normalized spacial score (nSPS) is 17.9. The maximum Gasteiger partial charge on any atom is 0.323 e. The molecule has 116 valence electrons. The molecular formula is C12H22N2O5S. The zero-order chi connectivity index (χ0) is 15.3. The molecule has 8 heteroatoms. The number of nitrogens with zero attached hydrogens (tertiary/aromatic N) is 2. The molecule has 1 aliphatic rings. The topological polar surface area (TPSA) is 95.0 Å². The minimum Gasteiger partial charge on any atom is -0.480 e. The maximum atomic E-state index is 11.8. The fourth-order valence-corrected chi connectivity index (χ4v) is 3.52. The Hall–Kier alpha value is -1.15. The number of carboxylic acid groups (broad SMARTS) is 1. The summed E-state index contributed by atoms with van der Waals surface area (Å²) in [4.78, 5) is 24.0. The summed E-state index contributed by atoms with van der Waals surface area (Å²) in [6.45, 7) is 3.65. The molecule has 1 amide bonds. The van der Waals surface area contributed by atoms with Gasteiger partial charge in [-0.25, -0.2) is 12.7 Å². The highest BCUT2D eigenvalue weighted by atomic mass is 32.2. The van der Waals surface area contributed by atoms with E-state index in [1.54, 1.807) is 13.8 Å². The summed E-state index contributed by atoms with van der Waals surface area (Å²) in [5.41, 5.74) is 0. The Morgan fingerprint density at radius 3 is 2.20 bits per heavy atom. The number of hydrogen-bond acceptors (Lipinski definition) is 4. The molecule has 7 nitrogen and oxygen atoms in total. The van der Waals surface area contributed by atoms with E-state index in [0.717, 1.165) is 0 Å². The lowest BCUT2D eigenvalue weighted by Gasteiger charge is -2.37. The molecule has 0 unspecified atom stereocenters.